The number of carbonyl (C=O) groups excluding carboxylic acids is 1. The first-order valence-electron chi connectivity index (χ1n) is 4.31. The summed E-state index contributed by atoms with van der Waals surface area (Å²) in [6.45, 7) is 1.49. The SMILES string of the molecule is CC(=O)c1ccc(=O)n2ccccc12. The van der Waals surface area contributed by atoms with Gasteiger partial charge in [0.2, 0.25) is 0 Å². The third-order valence-corrected chi connectivity index (χ3v) is 2.15. The molecule has 70 valence electrons. The minimum atomic E-state index is -0.120. The molecule has 3 nitrogen and oxygen atoms in total. The molecule has 0 fully saturated rings. The lowest BCUT2D eigenvalue weighted by atomic mass is 10.1. The van der Waals surface area contributed by atoms with E-state index >= 15 is 0 Å². The molecule has 0 unspecified atom stereocenters. The predicted molar refractivity (Wildman–Crippen MR) is 53.7 cm³/mol. The summed E-state index contributed by atoms with van der Waals surface area (Å²) < 4.78 is 1.47. The van der Waals surface area contributed by atoms with Crippen molar-refractivity contribution in [3.8, 4) is 0 Å². The highest BCUT2D eigenvalue weighted by Gasteiger charge is 2.05. The van der Waals surface area contributed by atoms with E-state index < -0.39 is 0 Å². The molecule has 0 atom stereocenters. The fourth-order valence-corrected chi connectivity index (χ4v) is 1.47. The first-order chi connectivity index (χ1) is 6.70. The van der Waals surface area contributed by atoms with Crippen molar-refractivity contribution < 1.29 is 4.79 Å². The van der Waals surface area contributed by atoms with Gasteiger partial charge in [0.1, 0.15) is 0 Å². The molecule has 0 bridgehead atoms. The summed E-state index contributed by atoms with van der Waals surface area (Å²) in [7, 11) is 0. The van der Waals surface area contributed by atoms with E-state index in [0.29, 0.717) is 11.1 Å². The van der Waals surface area contributed by atoms with Crippen molar-refractivity contribution in [1.82, 2.24) is 4.40 Å². The van der Waals surface area contributed by atoms with Crippen LogP contribution in [0.1, 0.15) is 17.3 Å². The van der Waals surface area contributed by atoms with E-state index in [1.807, 2.05) is 0 Å². The molecule has 0 N–H and O–H groups in total. The Kier molecular flexibility index (Phi) is 1.93. The summed E-state index contributed by atoms with van der Waals surface area (Å²) >= 11 is 0. The van der Waals surface area contributed by atoms with E-state index in [1.165, 1.54) is 17.4 Å². The van der Waals surface area contributed by atoms with E-state index in [9.17, 15) is 9.59 Å². The molecule has 0 spiro atoms. The van der Waals surface area contributed by atoms with E-state index in [4.69, 9.17) is 0 Å². The number of rotatable bonds is 1. The van der Waals surface area contributed by atoms with Gasteiger partial charge in [0, 0.05) is 17.8 Å². The van der Waals surface area contributed by atoms with Gasteiger partial charge >= 0.3 is 0 Å². The Morgan fingerprint density at radius 3 is 2.71 bits per heavy atom. The number of pyridine rings is 2. The highest BCUT2D eigenvalue weighted by Crippen LogP contribution is 2.08. The maximum absolute atomic E-state index is 11.4. The van der Waals surface area contributed by atoms with Gasteiger partial charge in [0.25, 0.3) is 5.56 Å². The van der Waals surface area contributed by atoms with Crippen LogP contribution >= 0.6 is 0 Å². The second-order valence-electron chi connectivity index (χ2n) is 3.10. The largest absolute Gasteiger partial charge is 0.294 e. The number of nitrogens with zero attached hydrogens (tertiary/aromatic N) is 1. The molecule has 2 rings (SSSR count). The number of hydrogen-bond donors (Lipinski definition) is 0. The van der Waals surface area contributed by atoms with Gasteiger partial charge in [-0.2, -0.15) is 0 Å². The van der Waals surface area contributed by atoms with Crippen LogP contribution in [0.25, 0.3) is 5.52 Å². The molecule has 3 heteroatoms. The Labute approximate surface area is 80.6 Å². The van der Waals surface area contributed by atoms with Crippen molar-refractivity contribution in [2.75, 3.05) is 0 Å². The summed E-state index contributed by atoms with van der Waals surface area (Å²) in [4.78, 5) is 22.7. The average Bonchev–Trinajstić information content (AvgIpc) is 2.18. The molecule has 0 aliphatic carbocycles. The molecule has 2 aromatic rings. The topological polar surface area (TPSA) is 38.5 Å². The smallest absolute Gasteiger partial charge is 0.255 e. The van der Waals surface area contributed by atoms with E-state index in [-0.39, 0.29) is 11.3 Å². The zero-order valence-electron chi connectivity index (χ0n) is 7.73. The Balaban J connectivity index is 2.96. The van der Waals surface area contributed by atoms with Crippen molar-refractivity contribution in [2.45, 2.75) is 6.92 Å². The standard InChI is InChI=1S/C11H9NO2/c1-8(13)9-5-6-11(14)12-7-3-2-4-10(9)12/h2-7H,1H3. The number of Topliss-reactive ketones (excluding diaryl/α,β-unsaturated/α-hetero) is 1. The van der Waals surface area contributed by atoms with Crippen molar-refractivity contribution in [1.29, 1.82) is 0 Å². The van der Waals surface area contributed by atoms with Crippen molar-refractivity contribution in [2.24, 2.45) is 0 Å². The average molecular weight is 187 g/mol. The van der Waals surface area contributed by atoms with Crippen molar-refractivity contribution in [3.05, 3.63) is 52.4 Å². The second-order valence-corrected chi connectivity index (χ2v) is 3.10. The molecule has 0 radical (unpaired) electrons. The Morgan fingerprint density at radius 2 is 2.00 bits per heavy atom. The van der Waals surface area contributed by atoms with Crippen LogP contribution in [-0.2, 0) is 0 Å². The van der Waals surface area contributed by atoms with E-state index in [0.717, 1.165) is 0 Å². The third-order valence-electron chi connectivity index (χ3n) is 2.15. The number of aromatic nitrogens is 1. The second kappa shape index (κ2) is 3.10. The van der Waals surface area contributed by atoms with Gasteiger partial charge in [0.05, 0.1) is 5.52 Å². The predicted octanol–water partition coefficient (Wildman–Crippen LogP) is 1.50. The molecular weight excluding hydrogens is 178 g/mol. The normalized spacial score (nSPS) is 10.4. The Morgan fingerprint density at radius 1 is 1.21 bits per heavy atom. The van der Waals surface area contributed by atoms with E-state index in [1.54, 1.807) is 30.5 Å². The molecular formula is C11H9NO2. The number of carbonyl (C=O) groups is 1. The highest BCUT2D eigenvalue weighted by molar-refractivity contribution is 6.00. The molecule has 2 aromatic heterocycles. The van der Waals surface area contributed by atoms with Crippen LogP contribution in [0.3, 0.4) is 0 Å². The number of fused-ring (bicyclic) bond motifs is 1. The quantitative estimate of drug-likeness (QED) is 0.634. The van der Waals surface area contributed by atoms with Crippen LogP contribution in [0, 0.1) is 0 Å². The third kappa shape index (κ3) is 1.23. The van der Waals surface area contributed by atoms with Gasteiger partial charge in [0.15, 0.2) is 5.78 Å². The van der Waals surface area contributed by atoms with Gasteiger partial charge in [-0.15, -0.1) is 0 Å². The summed E-state index contributed by atoms with van der Waals surface area (Å²) in [5, 5.41) is 0. The summed E-state index contributed by atoms with van der Waals surface area (Å²) in [5.74, 6) is -0.0336. The van der Waals surface area contributed by atoms with Crippen LogP contribution in [0.15, 0.2) is 41.3 Å². The summed E-state index contributed by atoms with van der Waals surface area (Å²) in [6, 6.07) is 8.31. The maximum atomic E-state index is 11.4. The number of ketones is 1. The fourth-order valence-electron chi connectivity index (χ4n) is 1.47. The molecule has 2 heterocycles. The van der Waals surface area contributed by atoms with Gasteiger partial charge in [-0.25, -0.2) is 0 Å². The Hall–Kier alpha value is -1.90. The monoisotopic (exact) mass is 187 g/mol. The zero-order chi connectivity index (χ0) is 10.1. The lowest BCUT2D eigenvalue weighted by Gasteiger charge is -2.03. The summed E-state index contributed by atoms with van der Waals surface area (Å²) in [5.41, 5.74) is 1.11. The van der Waals surface area contributed by atoms with Crippen LogP contribution in [0.2, 0.25) is 0 Å². The highest BCUT2D eigenvalue weighted by atomic mass is 16.1. The van der Waals surface area contributed by atoms with Crippen LogP contribution in [0.4, 0.5) is 0 Å². The van der Waals surface area contributed by atoms with Crippen LogP contribution in [0.5, 0.6) is 0 Å². The first kappa shape index (κ1) is 8.69. The fraction of sp³-hybridized carbons (Fsp3) is 0.0909. The lowest BCUT2D eigenvalue weighted by molar-refractivity contribution is 0.101. The van der Waals surface area contributed by atoms with Gasteiger partial charge in [-0.05, 0) is 25.1 Å². The van der Waals surface area contributed by atoms with Gasteiger partial charge < -0.3 is 0 Å². The number of hydrogen-bond acceptors (Lipinski definition) is 2. The van der Waals surface area contributed by atoms with Gasteiger partial charge in [-0.3, -0.25) is 14.0 Å². The minimum Gasteiger partial charge on any atom is -0.294 e. The summed E-state index contributed by atoms with van der Waals surface area (Å²) in [6.07, 6.45) is 1.66. The Bertz CT molecular complexity index is 554. The van der Waals surface area contributed by atoms with Gasteiger partial charge in [-0.1, -0.05) is 6.07 Å². The molecule has 0 saturated carbocycles. The zero-order valence-corrected chi connectivity index (χ0v) is 7.73. The van der Waals surface area contributed by atoms with E-state index in [2.05, 4.69) is 0 Å². The molecule has 0 aliphatic heterocycles. The van der Waals surface area contributed by atoms with Crippen LogP contribution < -0.4 is 5.56 Å². The lowest BCUT2D eigenvalue weighted by Crippen LogP contribution is -2.13. The van der Waals surface area contributed by atoms with Crippen molar-refractivity contribution in [3.63, 3.8) is 0 Å². The van der Waals surface area contributed by atoms with Crippen LogP contribution in [-0.4, -0.2) is 10.2 Å². The minimum absolute atomic E-state index is 0.0336. The molecule has 0 amide bonds. The van der Waals surface area contributed by atoms with Crippen molar-refractivity contribution >= 4 is 11.3 Å². The molecule has 0 aliphatic rings. The first-order valence-corrected chi connectivity index (χ1v) is 4.31. The molecule has 0 saturated heterocycles. The maximum Gasteiger partial charge on any atom is 0.255 e. The molecule has 0 aromatic carbocycles. The molecule has 14 heavy (non-hydrogen) atoms.